The molecule has 2 heterocycles. The highest BCUT2D eigenvalue weighted by molar-refractivity contribution is 5.50. The van der Waals surface area contributed by atoms with Gasteiger partial charge < -0.3 is 19.3 Å². The van der Waals surface area contributed by atoms with Crippen LogP contribution in [-0.2, 0) is 11.2 Å². The maximum Gasteiger partial charge on any atom is 0.394 e. The highest BCUT2D eigenvalue weighted by atomic mass is 19.4. The Morgan fingerprint density at radius 1 is 1.12 bits per heavy atom. The van der Waals surface area contributed by atoms with E-state index in [0.29, 0.717) is 31.1 Å². The van der Waals surface area contributed by atoms with Crippen LogP contribution in [0.15, 0.2) is 12.1 Å². The minimum atomic E-state index is -4.11. The Morgan fingerprint density at radius 2 is 1.82 bits per heavy atom. The summed E-state index contributed by atoms with van der Waals surface area (Å²) in [5, 5.41) is 10.8. The molecule has 4 fully saturated rings. The van der Waals surface area contributed by atoms with Crippen molar-refractivity contribution >= 4 is 0 Å². The smallest absolute Gasteiger partial charge is 0.394 e. The summed E-state index contributed by atoms with van der Waals surface area (Å²) in [6.07, 6.45) is -2.95. The van der Waals surface area contributed by atoms with Crippen molar-refractivity contribution in [2.24, 2.45) is 10.8 Å². The van der Waals surface area contributed by atoms with E-state index in [-0.39, 0.29) is 42.4 Å². The fourth-order valence-corrected chi connectivity index (χ4v) is 6.51. The largest absolute Gasteiger partial charge is 0.493 e. The Hall–Kier alpha value is -1.51. The molecule has 3 atom stereocenters. The van der Waals surface area contributed by atoms with E-state index >= 15 is 0 Å². The lowest BCUT2D eigenvalue weighted by Gasteiger charge is -2.70. The SMILES string of the molecule is COc1cc2c(cc1OCC13CC(C(F)(F)F)(C1)C3)CCN1C[C@@H](OC(C)(C)C)[C@H](O)C[C@H]21. The van der Waals surface area contributed by atoms with Crippen LogP contribution in [0.3, 0.4) is 0 Å². The molecule has 5 aliphatic rings. The predicted molar refractivity (Wildman–Crippen MR) is 117 cm³/mol. The minimum Gasteiger partial charge on any atom is -0.493 e. The van der Waals surface area contributed by atoms with E-state index in [4.69, 9.17) is 14.2 Å². The molecule has 1 aromatic carbocycles. The van der Waals surface area contributed by atoms with Crippen LogP contribution < -0.4 is 9.47 Å². The van der Waals surface area contributed by atoms with Crippen molar-refractivity contribution in [2.75, 3.05) is 26.8 Å². The lowest BCUT2D eigenvalue weighted by Crippen LogP contribution is -2.69. The number of fused-ring (bicyclic) bond motifs is 3. The van der Waals surface area contributed by atoms with Gasteiger partial charge in [0.15, 0.2) is 11.5 Å². The monoisotopic (exact) mass is 469 g/mol. The standard InChI is InChI=1S/C25H34F3NO4/c1-22(2,3)33-21-10-29-6-5-15-7-20(19(31-4)8-16(15)17(29)9-18(21)30)32-14-23-11-24(12-23,13-23)25(26,27)28/h7-8,17-18,21,30H,5-6,9-14H2,1-4H3/t17-,18-,21-,23?,24?/m1/s1. The first-order valence-electron chi connectivity index (χ1n) is 11.8. The number of benzene rings is 1. The van der Waals surface area contributed by atoms with Gasteiger partial charge in [-0.15, -0.1) is 0 Å². The molecule has 0 unspecified atom stereocenters. The topological polar surface area (TPSA) is 51.2 Å². The van der Waals surface area contributed by atoms with E-state index in [1.54, 1.807) is 7.11 Å². The first-order valence-corrected chi connectivity index (χ1v) is 11.8. The number of methoxy groups -OCH3 is 1. The highest BCUT2D eigenvalue weighted by Gasteiger charge is 2.78. The van der Waals surface area contributed by atoms with Crippen molar-refractivity contribution in [3.8, 4) is 11.5 Å². The third-order valence-corrected chi connectivity index (χ3v) is 7.98. The quantitative estimate of drug-likeness (QED) is 0.680. The van der Waals surface area contributed by atoms with Gasteiger partial charge in [0, 0.05) is 24.5 Å². The summed E-state index contributed by atoms with van der Waals surface area (Å²) in [6.45, 7) is 7.82. The minimum absolute atomic E-state index is 0.0794. The molecule has 3 aliphatic carbocycles. The summed E-state index contributed by atoms with van der Waals surface area (Å²) in [5.74, 6) is 1.19. The Labute approximate surface area is 193 Å². The molecule has 0 aromatic heterocycles. The second-order valence-electron chi connectivity index (χ2n) is 11.6. The molecule has 33 heavy (non-hydrogen) atoms. The van der Waals surface area contributed by atoms with E-state index in [0.717, 1.165) is 24.1 Å². The lowest BCUT2D eigenvalue weighted by atomic mass is 9.35. The normalized spacial score (nSPS) is 35.7. The van der Waals surface area contributed by atoms with E-state index in [1.165, 1.54) is 0 Å². The van der Waals surface area contributed by atoms with Gasteiger partial charge in [0.2, 0.25) is 0 Å². The summed E-state index contributed by atoms with van der Waals surface area (Å²) >= 11 is 0. The third kappa shape index (κ3) is 3.92. The number of ether oxygens (including phenoxy) is 3. The van der Waals surface area contributed by atoms with Crippen molar-refractivity contribution in [1.82, 2.24) is 4.90 Å². The molecule has 0 radical (unpaired) electrons. The van der Waals surface area contributed by atoms with Crippen molar-refractivity contribution in [2.45, 2.75) is 82.9 Å². The second kappa shape index (κ2) is 7.49. The van der Waals surface area contributed by atoms with Gasteiger partial charge in [0.25, 0.3) is 0 Å². The van der Waals surface area contributed by atoms with Gasteiger partial charge in [-0.25, -0.2) is 0 Å². The van der Waals surface area contributed by atoms with Crippen LogP contribution in [0, 0.1) is 10.8 Å². The van der Waals surface area contributed by atoms with Crippen LogP contribution in [0.4, 0.5) is 13.2 Å². The Kier molecular flexibility index (Phi) is 5.28. The molecule has 5 nitrogen and oxygen atoms in total. The summed E-state index contributed by atoms with van der Waals surface area (Å²) in [5.41, 5.74) is 0.153. The van der Waals surface area contributed by atoms with Crippen LogP contribution >= 0.6 is 0 Å². The average molecular weight is 470 g/mol. The van der Waals surface area contributed by atoms with Crippen LogP contribution in [0.25, 0.3) is 0 Å². The van der Waals surface area contributed by atoms with Gasteiger partial charge in [0.05, 0.1) is 36.9 Å². The van der Waals surface area contributed by atoms with Gasteiger partial charge in [-0.05, 0) is 76.1 Å². The molecule has 0 amide bonds. The predicted octanol–water partition coefficient (Wildman–Crippen LogP) is 4.65. The van der Waals surface area contributed by atoms with Gasteiger partial charge in [-0.2, -0.15) is 13.2 Å². The maximum absolute atomic E-state index is 13.1. The number of piperidine rings is 1. The number of hydrogen-bond acceptors (Lipinski definition) is 5. The fraction of sp³-hybridized carbons (Fsp3) is 0.760. The molecule has 2 aliphatic heterocycles. The Bertz CT molecular complexity index is 906. The van der Waals surface area contributed by atoms with Gasteiger partial charge >= 0.3 is 6.18 Å². The van der Waals surface area contributed by atoms with Crippen LogP contribution in [0.5, 0.6) is 11.5 Å². The number of nitrogens with zero attached hydrogens (tertiary/aromatic N) is 1. The molecule has 1 N–H and O–H groups in total. The number of aliphatic hydroxyl groups is 1. The number of halogens is 3. The summed E-state index contributed by atoms with van der Waals surface area (Å²) in [4.78, 5) is 2.36. The maximum atomic E-state index is 13.1. The lowest BCUT2D eigenvalue weighted by molar-refractivity contribution is -0.367. The number of aliphatic hydroxyl groups excluding tert-OH is 1. The molecule has 1 aromatic rings. The zero-order valence-electron chi connectivity index (χ0n) is 19.8. The van der Waals surface area contributed by atoms with Crippen LogP contribution in [-0.4, -0.2) is 60.8 Å². The van der Waals surface area contributed by atoms with E-state index in [1.807, 2.05) is 32.9 Å². The van der Waals surface area contributed by atoms with E-state index < -0.39 is 17.7 Å². The van der Waals surface area contributed by atoms with Crippen molar-refractivity contribution in [3.63, 3.8) is 0 Å². The summed E-state index contributed by atoms with van der Waals surface area (Å²) < 4.78 is 57.2. The molecule has 184 valence electrons. The zero-order chi connectivity index (χ0) is 23.8. The summed E-state index contributed by atoms with van der Waals surface area (Å²) in [6, 6.07) is 4.05. The average Bonchev–Trinajstić information content (AvgIpc) is 2.63. The molecular weight excluding hydrogens is 435 g/mol. The van der Waals surface area contributed by atoms with Crippen molar-refractivity contribution in [3.05, 3.63) is 23.3 Å². The fourth-order valence-electron chi connectivity index (χ4n) is 6.51. The van der Waals surface area contributed by atoms with E-state index in [9.17, 15) is 18.3 Å². The molecule has 1 saturated heterocycles. The number of hydrogen-bond donors (Lipinski definition) is 1. The number of rotatable bonds is 5. The van der Waals surface area contributed by atoms with Gasteiger partial charge in [0.1, 0.15) is 0 Å². The zero-order valence-corrected chi connectivity index (χ0v) is 19.8. The summed E-state index contributed by atoms with van der Waals surface area (Å²) in [7, 11) is 1.58. The van der Waals surface area contributed by atoms with Crippen LogP contribution in [0.2, 0.25) is 0 Å². The van der Waals surface area contributed by atoms with Gasteiger partial charge in [-0.3, -0.25) is 4.90 Å². The number of alkyl halides is 3. The molecule has 8 heteroatoms. The molecule has 0 spiro atoms. The Morgan fingerprint density at radius 3 is 2.42 bits per heavy atom. The van der Waals surface area contributed by atoms with Crippen molar-refractivity contribution < 1.29 is 32.5 Å². The van der Waals surface area contributed by atoms with E-state index in [2.05, 4.69) is 4.90 Å². The highest BCUT2D eigenvalue weighted by Crippen LogP contribution is 2.78. The molecule has 3 saturated carbocycles. The second-order valence-corrected chi connectivity index (χ2v) is 11.6. The van der Waals surface area contributed by atoms with Crippen LogP contribution in [0.1, 0.15) is 63.6 Å². The first-order chi connectivity index (χ1) is 15.3. The molecule has 2 bridgehead atoms. The Balaban J connectivity index is 1.28. The third-order valence-electron chi connectivity index (χ3n) is 7.98. The van der Waals surface area contributed by atoms with Crippen molar-refractivity contribution in [1.29, 1.82) is 0 Å². The molecule has 6 rings (SSSR count). The van der Waals surface area contributed by atoms with Gasteiger partial charge in [-0.1, -0.05) is 0 Å². The first kappa shape index (κ1) is 23.2. The molecular formula is C25H34F3NO4.